The maximum atomic E-state index is 12.8. The molecule has 7 heteroatoms. The summed E-state index contributed by atoms with van der Waals surface area (Å²) in [6.07, 6.45) is 3.22. The Hall–Kier alpha value is -1.08. The normalized spacial score (nSPS) is 12.5. The van der Waals surface area contributed by atoms with Crippen molar-refractivity contribution in [2.45, 2.75) is 12.8 Å². The van der Waals surface area contributed by atoms with Crippen LogP contribution in [0.1, 0.15) is 23.5 Å². The van der Waals surface area contributed by atoms with E-state index in [-0.39, 0.29) is 5.89 Å². The van der Waals surface area contributed by atoms with Crippen LogP contribution in [0.3, 0.4) is 0 Å². The lowest BCUT2D eigenvalue weighted by atomic mass is 10.4. The van der Waals surface area contributed by atoms with E-state index in [9.17, 15) is 8.78 Å². The lowest BCUT2D eigenvalue weighted by Crippen LogP contribution is -2.09. The minimum atomic E-state index is -3.08. The van der Waals surface area contributed by atoms with Crippen molar-refractivity contribution >= 4 is 39.4 Å². The molecule has 2 rings (SSSR count). The lowest BCUT2D eigenvalue weighted by molar-refractivity contribution is 0.00559. The van der Waals surface area contributed by atoms with E-state index in [1.807, 2.05) is 12.1 Å². The largest absolute Gasteiger partial charge is 0.334 e. The van der Waals surface area contributed by atoms with Gasteiger partial charge in [-0.25, -0.2) is 0 Å². The van der Waals surface area contributed by atoms with Crippen LogP contribution in [0.4, 0.5) is 8.78 Å². The Morgan fingerprint density at radius 1 is 1.41 bits per heavy atom. The molecule has 2 heterocycles. The van der Waals surface area contributed by atoms with E-state index >= 15 is 0 Å². The topological polar surface area (TPSA) is 38.9 Å². The minimum Gasteiger partial charge on any atom is -0.334 e. The second-order valence-electron chi connectivity index (χ2n) is 3.32. The molecule has 0 unspecified atom stereocenters. The summed E-state index contributed by atoms with van der Waals surface area (Å²) in [4.78, 5) is 4.54. The van der Waals surface area contributed by atoms with Crippen molar-refractivity contribution in [2.24, 2.45) is 0 Å². The average molecular weight is 321 g/mol. The van der Waals surface area contributed by atoms with Gasteiger partial charge in [0.1, 0.15) is 0 Å². The minimum absolute atomic E-state index is 0.0612. The fourth-order valence-corrected chi connectivity index (χ4v) is 2.38. The first-order chi connectivity index (χ1) is 7.95. The average Bonchev–Trinajstić information content (AvgIpc) is 2.82. The summed E-state index contributed by atoms with van der Waals surface area (Å²) in [7, 11) is 0. The fraction of sp³-hybridized carbons (Fsp3) is 0.200. The SMILES string of the molecule is CC(F)(F)c1noc(/C=C/c2ccc(Br)s2)n1. The predicted octanol–water partition coefficient (Wildman–Crippen LogP) is 4.18. The van der Waals surface area contributed by atoms with Gasteiger partial charge in [0.25, 0.3) is 5.89 Å². The molecular formula is C10H7BrF2N2OS. The maximum absolute atomic E-state index is 12.8. The second kappa shape index (κ2) is 4.66. The van der Waals surface area contributed by atoms with Crippen molar-refractivity contribution in [1.82, 2.24) is 10.1 Å². The zero-order valence-corrected chi connectivity index (χ0v) is 11.1. The molecule has 0 N–H and O–H groups in total. The molecule has 2 aromatic heterocycles. The van der Waals surface area contributed by atoms with E-state index in [4.69, 9.17) is 0 Å². The molecule has 2 aromatic rings. The number of nitrogens with zero attached hydrogens (tertiary/aromatic N) is 2. The first-order valence-electron chi connectivity index (χ1n) is 4.60. The maximum Gasteiger partial charge on any atom is 0.307 e. The highest BCUT2D eigenvalue weighted by atomic mass is 79.9. The van der Waals surface area contributed by atoms with Crippen molar-refractivity contribution in [3.63, 3.8) is 0 Å². The van der Waals surface area contributed by atoms with Crippen LogP contribution < -0.4 is 0 Å². The molecular weight excluding hydrogens is 314 g/mol. The lowest BCUT2D eigenvalue weighted by Gasteiger charge is -2.00. The summed E-state index contributed by atoms with van der Waals surface area (Å²) < 4.78 is 31.3. The van der Waals surface area contributed by atoms with E-state index in [1.165, 1.54) is 17.4 Å². The first kappa shape index (κ1) is 12.4. The Balaban J connectivity index is 2.14. The molecule has 0 aliphatic heterocycles. The third-order valence-corrected chi connectivity index (χ3v) is 3.41. The highest BCUT2D eigenvalue weighted by Crippen LogP contribution is 2.25. The number of hydrogen-bond acceptors (Lipinski definition) is 4. The molecule has 0 aromatic carbocycles. The molecule has 0 radical (unpaired) electrons. The van der Waals surface area contributed by atoms with Crippen LogP contribution in [0.5, 0.6) is 0 Å². The summed E-state index contributed by atoms with van der Waals surface area (Å²) in [6, 6.07) is 3.78. The first-order valence-corrected chi connectivity index (χ1v) is 6.21. The van der Waals surface area contributed by atoms with Crippen LogP contribution in [0.25, 0.3) is 12.2 Å². The molecule has 3 nitrogen and oxygen atoms in total. The van der Waals surface area contributed by atoms with Gasteiger partial charge in [0.2, 0.25) is 5.82 Å². The van der Waals surface area contributed by atoms with Gasteiger partial charge in [0.15, 0.2) is 0 Å². The summed E-state index contributed by atoms with van der Waals surface area (Å²) in [5, 5.41) is 3.21. The van der Waals surface area contributed by atoms with Crippen LogP contribution in [0.2, 0.25) is 0 Å². The summed E-state index contributed by atoms with van der Waals surface area (Å²) in [5.41, 5.74) is 0. The van der Waals surface area contributed by atoms with Crippen LogP contribution in [-0.2, 0) is 5.92 Å². The molecule has 0 saturated carbocycles. The molecule has 0 spiro atoms. The Kier molecular flexibility index (Phi) is 3.39. The van der Waals surface area contributed by atoms with E-state index < -0.39 is 11.7 Å². The molecule has 0 bridgehead atoms. The zero-order valence-electron chi connectivity index (χ0n) is 8.65. The van der Waals surface area contributed by atoms with E-state index in [0.717, 1.165) is 15.6 Å². The number of rotatable bonds is 3. The summed E-state index contributed by atoms with van der Waals surface area (Å²) in [6.45, 7) is 0.724. The number of aromatic nitrogens is 2. The number of hydrogen-bond donors (Lipinski definition) is 0. The van der Waals surface area contributed by atoms with E-state index in [2.05, 4.69) is 30.6 Å². The number of alkyl halides is 2. The van der Waals surface area contributed by atoms with Gasteiger partial charge in [-0.3, -0.25) is 0 Å². The smallest absolute Gasteiger partial charge is 0.307 e. The highest BCUT2D eigenvalue weighted by molar-refractivity contribution is 9.11. The van der Waals surface area contributed by atoms with Crippen LogP contribution >= 0.6 is 27.3 Å². The Morgan fingerprint density at radius 2 is 2.18 bits per heavy atom. The van der Waals surface area contributed by atoms with Crippen molar-refractivity contribution in [1.29, 1.82) is 0 Å². The second-order valence-corrected chi connectivity index (χ2v) is 5.81. The molecule has 0 amide bonds. The standard InChI is InChI=1S/C10H7BrF2N2OS/c1-10(12,13)9-14-8(16-15-9)5-3-6-2-4-7(11)17-6/h2-5H,1H3/b5-3+. The van der Waals surface area contributed by atoms with Crippen molar-refractivity contribution in [2.75, 3.05) is 0 Å². The molecule has 0 aliphatic carbocycles. The van der Waals surface area contributed by atoms with Crippen LogP contribution in [0, 0.1) is 0 Å². The number of thiophene rings is 1. The van der Waals surface area contributed by atoms with Crippen molar-refractivity contribution in [3.05, 3.63) is 32.5 Å². The third-order valence-electron chi connectivity index (χ3n) is 1.82. The van der Waals surface area contributed by atoms with Gasteiger partial charge in [-0.2, -0.15) is 13.8 Å². The van der Waals surface area contributed by atoms with Gasteiger partial charge in [0, 0.05) is 17.9 Å². The molecule has 90 valence electrons. The zero-order chi connectivity index (χ0) is 12.5. The highest BCUT2D eigenvalue weighted by Gasteiger charge is 2.30. The van der Waals surface area contributed by atoms with Gasteiger partial charge in [-0.1, -0.05) is 5.16 Å². The predicted molar refractivity (Wildman–Crippen MR) is 64.8 cm³/mol. The summed E-state index contributed by atoms with van der Waals surface area (Å²) in [5.74, 6) is -3.63. The molecule has 0 atom stereocenters. The van der Waals surface area contributed by atoms with Gasteiger partial charge in [0.05, 0.1) is 3.79 Å². The van der Waals surface area contributed by atoms with E-state index in [1.54, 1.807) is 6.08 Å². The van der Waals surface area contributed by atoms with Gasteiger partial charge in [-0.15, -0.1) is 11.3 Å². The van der Waals surface area contributed by atoms with E-state index in [0.29, 0.717) is 0 Å². The van der Waals surface area contributed by atoms with Crippen LogP contribution in [-0.4, -0.2) is 10.1 Å². The fourth-order valence-electron chi connectivity index (χ4n) is 1.05. The quantitative estimate of drug-likeness (QED) is 0.851. The summed E-state index contributed by atoms with van der Waals surface area (Å²) >= 11 is 4.83. The molecule has 17 heavy (non-hydrogen) atoms. The number of halogens is 3. The van der Waals surface area contributed by atoms with Gasteiger partial charge < -0.3 is 4.52 Å². The molecule has 0 saturated heterocycles. The third kappa shape index (κ3) is 3.19. The molecule has 0 aliphatic rings. The van der Waals surface area contributed by atoms with Crippen LogP contribution in [0.15, 0.2) is 20.4 Å². The Morgan fingerprint density at radius 3 is 2.71 bits per heavy atom. The Labute approximate surface area is 108 Å². The molecule has 0 fully saturated rings. The Bertz CT molecular complexity index is 544. The van der Waals surface area contributed by atoms with Crippen molar-refractivity contribution < 1.29 is 13.3 Å². The monoisotopic (exact) mass is 320 g/mol. The van der Waals surface area contributed by atoms with Gasteiger partial charge in [-0.05, 0) is 34.1 Å². The van der Waals surface area contributed by atoms with Gasteiger partial charge >= 0.3 is 5.92 Å². The van der Waals surface area contributed by atoms with Crippen molar-refractivity contribution in [3.8, 4) is 0 Å².